The molecule has 0 radical (unpaired) electrons. The van der Waals surface area contributed by atoms with E-state index in [1.165, 1.54) is 6.20 Å². The standard InChI is InChI=1S/C11H6BrCl2N3/c1-16-10-5(3-15)4-17-11-6(10)2-7(12)8(13)9(11)14/h2,4H,1H3,(H,16,17). The maximum Gasteiger partial charge on any atom is 0.103 e. The Bertz CT molecular complexity index is 649. The lowest BCUT2D eigenvalue weighted by Crippen LogP contribution is -1.96. The monoisotopic (exact) mass is 329 g/mol. The summed E-state index contributed by atoms with van der Waals surface area (Å²) in [7, 11) is 1.74. The highest BCUT2D eigenvalue weighted by atomic mass is 79.9. The molecule has 0 saturated heterocycles. The van der Waals surface area contributed by atoms with Crippen LogP contribution in [-0.2, 0) is 0 Å². The topological polar surface area (TPSA) is 48.7 Å². The third-order valence-electron chi connectivity index (χ3n) is 2.37. The van der Waals surface area contributed by atoms with E-state index in [4.69, 9.17) is 28.5 Å². The minimum Gasteiger partial charge on any atom is -0.386 e. The van der Waals surface area contributed by atoms with Crippen LogP contribution in [0.2, 0.25) is 10.0 Å². The van der Waals surface area contributed by atoms with Crippen molar-refractivity contribution in [2.75, 3.05) is 12.4 Å². The molecule has 2 rings (SSSR count). The number of rotatable bonds is 1. The van der Waals surface area contributed by atoms with Gasteiger partial charge in [0.1, 0.15) is 6.07 Å². The van der Waals surface area contributed by atoms with Gasteiger partial charge in [0, 0.05) is 23.1 Å². The van der Waals surface area contributed by atoms with Gasteiger partial charge < -0.3 is 5.32 Å². The molecule has 86 valence electrons. The minimum absolute atomic E-state index is 0.372. The van der Waals surface area contributed by atoms with Gasteiger partial charge in [0.05, 0.1) is 26.8 Å². The number of halogens is 3. The van der Waals surface area contributed by atoms with Crippen molar-refractivity contribution in [3.05, 3.63) is 32.3 Å². The summed E-state index contributed by atoms with van der Waals surface area (Å²) < 4.78 is 0.671. The van der Waals surface area contributed by atoms with Crippen LogP contribution < -0.4 is 5.32 Å². The van der Waals surface area contributed by atoms with Gasteiger partial charge in [-0.3, -0.25) is 4.98 Å². The molecule has 0 spiro atoms. The second-order valence-corrected chi connectivity index (χ2v) is 4.90. The van der Waals surface area contributed by atoms with Gasteiger partial charge in [-0.25, -0.2) is 0 Å². The number of nitrogens with zero attached hydrogens (tertiary/aromatic N) is 2. The first kappa shape index (κ1) is 12.4. The van der Waals surface area contributed by atoms with Crippen LogP contribution in [0.15, 0.2) is 16.7 Å². The summed E-state index contributed by atoms with van der Waals surface area (Å²) in [6.45, 7) is 0. The van der Waals surface area contributed by atoms with E-state index in [0.29, 0.717) is 31.3 Å². The number of hydrogen-bond acceptors (Lipinski definition) is 3. The Morgan fingerprint density at radius 1 is 1.41 bits per heavy atom. The summed E-state index contributed by atoms with van der Waals surface area (Å²) in [4.78, 5) is 4.16. The zero-order valence-corrected chi connectivity index (χ0v) is 11.8. The summed E-state index contributed by atoms with van der Waals surface area (Å²) >= 11 is 15.5. The Hall–Kier alpha value is -1.02. The maximum absolute atomic E-state index is 9.00. The Balaban J connectivity index is 2.97. The van der Waals surface area contributed by atoms with Crippen LogP contribution in [0.1, 0.15) is 5.56 Å². The van der Waals surface area contributed by atoms with Gasteiger partial charge in [0.2, 0.25) is 0 Å². The van der Waals surface area contributed by atoms with Gasteiger partial charge in [-0.05, 0) is 22.0 Å². The van der Waals surface area contributed by atoms with Crippen molar-refractivity contribution in [2.45, 2.75) is 0 Å². The number of pyridine rings is 1. The van der Waals surface area contributed by atoms with Crippen molar-refractivity contribution < 1.29 is 0 Å². The number of benzene rings is 1. The zero-order valence-electron chi connectivity index (χ0n) is 8.68. The number of nitrogens with one attached hydrogen (secondary N) is 1. The fraction of sp³-hybridized carbons (Fsp3) is 0.0909. The SMILES string of the molecule is CNc1c(C#N)cnc2c(Cl)c(Cl)c(Br)cc12. The normalized spacial score (nSPS) is 10.3. The smallest absolute Gasteiger partial charge is 0.103 e. The first-order valence-corrected chi connectivity index (χ1v) is 6.19. The Morgan fingerprint density at radius 3 is 2.71 bits per heavy atom. The molecule has 0 bridgehead atoms. The number of aromatic nitrogens is 1. The van der Waals surface area contributed by atoms with Gasteiger partial charge >= 0.3 is 0 Å². The predicted molar refractivity (Wildman–Crippen MR) is 73.7 cm³/mol. The number of anilines is 1. The zero-order chi connectivity index (χ0) is 12.6. The lowest BCUT2D eigenvalue weighted by Gasteiger charge is -2.10. The Labute approximate surface area is 116 Å². The predicted octanol–water partition coefficient (Wildman–Crippen LogP) is 4.22. The molecule has 17 heavy (non-hydrogen) atoms. The number of nitriles is 1. The molecule has 0 saturated carbocycles. The molecule has 0 aliphatic carbocycles. The quantitative estimate of drug-likeness (QED) is 0.796. The largest absolute Gasteiger partial charge is 0.386 e. The van der Waals surface area contributed by atoms with E-state index in [9.17, 15) is 0 Å². The summed E-state index contributed by atoms with van der Waals surface area (Å²) in [5.74, 6) is 0. The van der Waals surface area contributed by atoms with Gasteiger partial charge in [-0.1, -0.05) is 23.2 Å². The maximum atomic E-state index is 9.00. The highest BCUT2D eigenvalue weighted by molar-refractivity contribution is 9.10. The van der Waals surface area contributed by atoms with Gasteiger partial charge in [0.25, 0.3) is 0 Å². The lowest BCUT2D eigenvalue weighted by atomic mass is 10.1. The van der Waals surface area contributed by atoms with Crippen molar-refractivity contribution in [3.63, 3.8) is 0 Å². The molecule has 1 aromatic heterocycles. The van der Waals surface area contributed by atoms with E-state index in [2.05, 4.69) is 32.3 Å². The molecule has 0 atom stereocenters. The first-order valence-electron chi connectivity index (χ1n) is 4.64. The van der Waals surface area contributed by atoms with Gasteiger partial charge in [-0.15, -0.1) is 0 Å². The molecule has 0 aliphatic heterocycles. The summed E-state index contributed by atoms with van der Waals surface area (Å²) in [5, 5.41) is 13.5. The fourth-order valence-corrected chi connectivity index (χ4v) is 2.53. The van der Waals surface area contributed by atoms with Crippen molar-refractivity contribution in [2.24, 2.45) is 0 Å². The van der Waals surface area contributed by atoms with E-state index in [1.807, 2.05) is 0 Å². The first-order chi connectivity index (χ1) is 8.10. The Morgan fingerprint density at radius 2 is 2.12 bits per heavy atom. The molecule has 0 unspecified atom stereocenters. The number of fused-ring (bicyclic) bond motifs is 1. The fourth-order valence-electron chi connectivity index (χ4n) is 1.60. The third-order valence-corrected chi connectivity index (χ3v) is 4.08. The molecule has 1 N–H and O–H groups in total. The summed E-state index contributed by atoms with van der Waals surface area (Å²) in [6.07, 6.45) is 1.48. The van der Waals surface area contributed by atoms with Crippen LogP contribution in [0, 0.1) is 11.3 Å². The van der Waals surface area contributed by atoms with E-state index in [1.54, 1.807) is 13.1 Å². The van der Waals surface area contributed by atoms with Crippen molar-refractivity contribution in [1.29, 1.82) is 5.26 Å². The average Bonchev–Trinajstić information content (AvgIpc) is 2.34. The minimum atomic E-state index is 0.372. The van der Waals surface area contributed by atoms with Crippen LogP contribution in [0.25, 0.3) is 10.9 Å². The molecular weight excluding hydrogens is 325 g/mol. The van der Waals surface area contributed by atoms with Crippen LogP contribution in [0.4, 0.5) is 5.69 Å². The molecule has 0 aliphatic rings. The van der Waals surface area contributed by atoms with Crippen LogP contribution in [0.3, 0.4) is 0 Å². The second-order valence-electron chi connectivity index (χ2n) is 3.29. The molecule has 3 nitrogen and oxygen atoms in total. The third kappa shape index (κ3) is 1.95. The second kappa shape index (κ2) is 4.69. The van der Waals surface area contributed by atoms with Crippen LogP contribution in [0.5, 0.6) is 0 Å². The lowest BCUT2D eigenvalue weighted by molar-refractivity contribution is 1.35. The Kier molecular flexibility index (Phi) is 3.43. The molecule has 1 heterocycles. The molecule has 0 amide bonds. The van der Waals surface area contributed by atoms with Crippen molar-refractivity contribution in [3.8, 4) is 6.07 Å². The van der Waals surface area contributed by atoms with E-state index in [0.717, 1.165) is 5.39 Å². The van der Waals surface area contributed by atoms with Crippen molar-refractivity contribution >= 4 is 55.7 Å². The molecular formula is C11H6BrCl2N3. The molecule has 0 fully saturated rings. The molecule has 2 aromatic rings. The summed E-state index contributed by atoms with van der Waals surface area (Å²) in [6, 6.07) is 3.87. The van der Waals surface area contributed by atoms with E-state index in [-0.39, 0.29) is 0 Å². The van der Waals surface area contributed by atoms with Crippen LogP contribution >= 0.6 is 39.1 Å². The number of hydrogen-bond donors (Lipinski definition) is 1. The van der Waals surface area contributed by atoms with Crippen molar-refractivity contribution in [1.82, 2.24) is 4.98 Å². The van der Waals surface area contributed by atoms with Crippen LogP contribution in [-0.4, -0.2) is 12.0 Å². The average molecular weight is 331 g/mol. The highest BCUT2D eigenvalue weighted by Gasteiger charge is 2.14. The summed E-state index contributed by atoms with van der Waals surface area (Å²) in [5.41, 5.74) is 1.73. The van der Waals surface area contributed by atoms with E-state index >= 15 is 0 Å². The molecule has 1 aromatic carbocycles. The van der Waals surface area contributed by atoms with E-state index < -0.39 is 0 Å². The highest BCUT2D eigenvalue weighted by Crippen LogP contribution is 2.39. The van der Waals surface area contributed by atoms with Gasteiger partial charge in [0.15, 0.2) is 0 Å². The molecule has 6 heteroatoms. The van der Waals surface area contributed by atoms with Gasteiger partial charge in [-0.2, -0.15) is 5.26 Å².